The molecule has 0 aliphatic carbocycles. The van der Waals surface area contributed by atoms with Gasteiger partial charge in [-0.2, -0.15) is 0 Å². The summed E-state index contributed by atoms with van der Waals surface area (Å²) in [4.78, 5) is 2.20. The van der Waals surface area contributed by atoms with E-state index in [2.05, 4.69) is 18.5 Å². The first-order valence-electron chi connectivity index (χ1n) is 3.24. The molecule has 0 aromatic carbocycles. The highest BCUT2D eigenvalue weighted by molar-refractivity contribution is 4.77. The quantitative estimate of drug-likeness (QED) is 0.404. The van der Waals surface area contributed by atoms with Crippen LogP contribution in [0.5, 0.6) is 0 Å². The zero-order valence-electron chi connectivity index (χ0n) is 5.84. The van der Waals surface area contributed by atoms with E-state index in [0.29, 0.717) is 6.10 Å². The normalized spacial score (nSPS) is 24.4. The third-order valence-corrected chi connectivity index (χ3v) is 1.36. The van der Waals surface area contributed by atoms with Gasteiger partial charge < -0.3 is 9.64 Å². The molecule has 0 saturated carbocycles. The minimum absolute atomic E-state index is 0.509. The number of hydrogen-bond donors (Lipinski definition) is 0. The van der Waals surface area contributed by atoms with Gasteiger partial charge in [-0.25, -0.2) is 0 Å². The summed E-state index contributed by atoms with van der Waals surface area (Å²) in [6, 6.07) is 0. The second-order valence-electron chi connectivity index (χ2n) is 2.47. The lowest BCUT2D eigenvalue weighted by molar-refractivity contribution is 0.304. The third kappa shape index (κ3) is 2.63. The lowest BCUT2D eigenvalue weighted by Gasteiger charge is -2.10. The fraction of sp³-hybridized carbons (Fsp3) is 0.714. The number of likely N-dealkylation sites (N-methyl/N-ethyl adjacent to an activating group) is 1. The monoisotopic (exact) mass is 127 g/mol. The van der Waals surface area contributed by atoms with Crippen LogP contribution in [0.15, 0.2) is 12.7 Å². The summed E-state index contributed by atoms with van der Waals surface area (Å²) in [7, 11) is 2.07. The molecule has 1 saturated heterocycles. The van der Waals surface area contributed by atoms with Crippen LogP contribution in [0.1, 0.15) is 0 Å². The summed E-state index contributed by atoms with van der Waals surface area (Å²) in [5.74, 6) is 0. The number of hydrogen-bond acceptors (Lipinski definition) is 2. The fourth-order valence-electron chi connectivity index (χ4n) is 0.816. The molecule has 0 aromatic rings. The molecule has 0 radical (unpaired) electrons. The Kier molecular flexibility index (Phi) is 2.25. The molecule has 52 valence electrons. The highest BCUT2D eigenvalue weighted by Crippen LogP contribution is 2.09. The second kappa shape index (κ2) is 2.99. The predicted molar refractivity (Wildman–Crippen MR) is 37.4 cm³/mol. The van der Waals surface area contributed by atoms with Gasteiger partial charge in [-0.1, -0.05) is 6.08 Å². The van der Waals surface area contributed by atoms with Crippen LogP contribution < -0.4 is 0 Å². The molecule has 2 heteroatoms. The van der Waals surface area contributed by atoms with Crippen LogP contribution >= 0.6 is 0 Å². The number of ether oxygens (including phenoxy) is 1. The van der Waals surface area contributed by atoms with Gasteiger partial charge in [0.15, 0.2) is 0 Å². The van der Waals surface area contributed by atoms with Crippen molar-refractivity contribution < 1.29 is 4.74 Å². The molecule has 1 fully saturated rings. The van der Waals surface area contributed by atoms with Crippen molar-refractivity contribution >= 4 is 0 Å². The van der Waals surface area contributed by atoms with E-state index in [9.17, 15) is 0 Å². The van der Waals surface area contributed by atoms with Gasteiger partial charge in [-0.15, -0.1) is 6.58 Å². The molecule has 1 rings (SSSR count). The molecule has 9 heavy (non-hydrogen) atoms. The molecule has 1 atom stereocenters. The topological polar surface area (TPSA) is 15.8 Å². The van der Waals surface area contributed by atoms with E-state index in [0.717, 1.165) is 19.7 Å². The number of epoxide rings is 1. The van der Waals surface area contributed by atoms with Crippen molar-refractivity contribution in [3.05, 3.63) is 12.7 Å². The van der Waals surface area contributed by atoms with E-state index in [1.807, 2.05) is 6.08 Å². The van der Waals surface area contributed by atoms with Crippen molar-refractivity contribution in [1.82, 2.24) is 4.90 Å². The molecular weight excluding hydrogens is 114 g/mol. The molecule has 1 aliphatic rings. The van der Waals surface area contributed by atoms with Crippen molar-refractivity contribution in [2.45, 2.75) is 6.10 Å². The largest absolute Gasteiger partial charge is 0.372 e. The van der Waals surface area contributed by atoms with Crippen LogP contribution in [0.3, 0.4) is 0 Å². The minimum Gasteiger partial charge on any atom is -0.372 e. The first-order chi connectivity index (χ1) is 4.33. The average molecular weight is 127 g/mol. The molecule has 0 amide bonds. The van der Waals surface area contributed by atoms with Gasteiger partial charge in [0.2, 0.25) is 0 Å². The van der Waals surface area contributed by atoms with Crippen molar-refractivity contribution in [1.29, 1.82) is 0 Å². The Hall–Kier alpha value is -0.340. The summed E-state index contributed by atoms with van der Waals surface area (Å²) in [6.45, 7) is 6.60. The smallest absolute Gasteiger partial charge is 0.0936 e. The Balaban J connectivity index is 2.01. The highest BCUT2D eigenvalue weighted by atomic mass is 16.6. The fourth-order valence-corrected chi connectivity index (χ4v) is 0.816. The Labute approximate surface area is 56.1 Å². The molecule has 0 bridgehead atoms. The second-order valence-corrected chi connectivity index (χ2v) is 2.47. The lowest BCUT2D eigenvalue weighted by atomic mass is 10.4. The standard InChI is InChI=1S/C7H13NO/c1-3-4-8(2)5-7-6-9-7/h3,7H,1,4-6H2,2H3. The van der Waals surface area contributed by atoms with Crippen molar-refractivity contribution in [3.63, 3.8) is 0 Å². The van der Waals surface area contributed by atoms with Crippen LogP contribution in [0, 0.1) is 0 Å². The maximum absolute atomic E-state index is 5.05. The Bertz CT molecular complexity index is 99.1. The van der Waals surface area contributed by atoms with E-state index >= 15 is 0 Å². The van der Waals surface area contributed by atoms with Crippen LogP contribution in [0.25, 0.3) is 0 Å². The molecule has 2 nitrogen and oxygen atoms in total. The molecule has 0 aromatic heterocycles. The number of rotatable bonds is 4. The summed E-state index contributed by atoms with van der Waals surface area (Å²) >= 11 is 0. The van der Waals surface area contributed by atoms with Gasteiger partial charge in [0, 0.05) is 13.1 Å². The summed E-state index contributed by atoms with van der Waals surface area (Å²) in [6.07, 6.45) is 2.41. The van der Waals surface area contributed by atoms with Crippen LogP contribution in [-0.2, 0) is 4.74 Å². The predicted octanol–water partition coefficient (Wildman–Crippen LogP) is 0.503. The molecular formula is C7H13NO. The van der Waals surface area contributed by atoms with E-state index in [1.54, 1.807) is 0 Å². The Morgan fingerprint density at radius 3 is 3.00 bits per heavy atom. The molecule has 0 spiro atoms. The third-order valence-electron chi connectivity index (χ3n) is 1.36. The SMILES string of the molecule is C=CCN(C)CC1CO1. The van der Waals surface area contributed by atoms with Gasteiger partial charge in [-0.3, -0.25) is 0 Å². The van der Waals surface area contributed by atoms with Crippen molar-refractivity contribution in [2.24, 2.45) is 0 Å². The Morgan fingerprint density at radius 2 is 2.56 bits per heavy atom. The minimum atomic E-state index is 0.509. The van der Waals surface area contributed by atoms with Crippen LogP contribution in [-0.4, -0.2) is 37.7 Å². The summed E-state index contributed by atoms with van der Waals surface area (Å²) in [5, 5.41) is 0. The molecule has 1 unspecified atom stereocenters. The zero-order chi connectivity index (χ0) is 6.69. The first-order valence-corrected chi connectivity index (χ1v) is 3.24. The van der Waals surface area contributed by atoms with E-state index in [4.69, 9.17) is 4.74 Å². The van der Waals surface area contributed by atoms with Gasteiger partial charge in [-0.05, 0) is 7.05 Å². The molecule has 1 heterocycles. The zero-order valence-corrected chi connectivity index (χ0v) is 5.84. The average Bonchev–Trinajstić information content (AvgIpc) is 2.50. The summed E-state index contributed by atoms with van der Waals surface area (Å²) < 4.78 is 5.05. The van der Waals surface area contributed by atoms with Crippen LogP contribution in [0.2, 0.25) is 0 Å². The van der Waals surface area contributed by atoms with Crippen molar-refractivity contribution in [2.75, 3.05) is 26.7 Å². The van der Waals surface area contributed by atoms with Crippen LogP contribution in [0.4, 0.5) is 0 Å². The van der Waals surface area contributed by atoms with E-state index in [-0.39, 0.29) is 0 Å². The molecule has 1 aliphatic heterocycles. The lowest BCUT2D eigenvalue weighted by Crippen LogP contribution is -2.22. The summed E-state index contributed by atoms with van der Waals surface area (Å²) in [5.41, 5.74) is 0. The maximum Gasteiger partial charge on any atom is 0.0936 e. The van der Waals surface area contributed by atoms with Crippen molar-refractivity contribution in [3.8, 4) is 0 Å². The van der Waals surface area contributed by atoms with Gasteiger partial charge in [0.05, 0.1) is 12.7 Å². The maximum atomic E-state index is 5.05. The van der Waals surface area contributed by atoms with E-state index < -0.39 is 0 Å². The highest BCUT2D eigenvalue weighted by Gasteiger charge is 2.23. The van der Waals surface area contributed by atoms with E-state index in [1.165, 1.54) is 0 Å². The number of nitrogens with zero attached hydrogens (tertiary/aromatic N) is 1. The Morgan fingerprint density at radius 1 is 1.89 bits per heavy atom. The van der Waals surface area contributed by atoms with Gasteiger partial charge >= 0.3 is 0 Å². The van der Waals surface area contributed by atoms with Gasteiger partial charge in [0.1, 0.15) is 0 Å². The van der Waals surface area contributed by atoms with Gasteiger partial charge in [0.25, 0.3) is 0 Å². The molecule has 0 N–H and O–H groups in total. The first kappa shape index (κ1) is 6.78.